The second kappa shape index (κ2) is 10.1. The van der Waals surface area contributed by atoms with Crippen LogP contribution in [0.15, 0.2) is 11.8 Å². The van der Waals surface area contributed by atoms with Crippen LogP contribution in [0.4, 0.5) is 4.79 Å². The van der Waals surface area contributed by atoms with Crippen molar-refractivity contribution in [1.82, 2.24) is 15.5 Å². The number of hydrogen-bond donors (Lipinski definition) is 2. The molecule has 0 fully saturated rings. The fourth-order valence-electron chi connectivity index (χ4n) is 1.39. The summed E-state index contributed by atoms with van der Waals surface area (Å²) >= 11 is 0. The average Bonchev–Trinajstić information content (AvgIpc) is 2.36. The van der Waals surface area contributed by atoms with Crippen LogP contribution in [-0.4, -0.2) is 37.1 Å². The minimum atomic E-state index is -0.114. The van der Waals surface area contributed by atoms with Gasteiger partial charge in [-0.05, 0) is 39.4 Å². The van der Waals surface area contributed by atoms with Crippen molar-refractivity contribution in [3.05, 3.63) is 11.8 Å². The van der Waals surface area contributed by atoms with E-state index in [2.05, 4.69) is 36.3 Å². The van der Waals surface area contributed by atoms with Gasteiger partial charge in [-0.3, -0.25) is 0 Å². The molecule has 0 aromatic heterocycles. The van der Waals surface area contributed by atoms with Crippen LogP contribution in [0.3, 0.4) is 0 Å². The van der Waals surface area contributed by atoms with Crippen LogP contribution in [0, 0.1) is 0 Å². The summed E-state index contributed by atoms with van der Waals surface area (Å²) in [5, 5.41) is 5.57. The Morgan fingerprint density at radius 1 is 1.24 bits per heavy atom. The lowest BCUT2D eigenvalue weighted by Gasteiger charge is -2.17. The number of carbonyl (C=O) groups is 1. The summed E-state index contributed by atoms with van der Waals surface area (Å²) in [7, 11) is 0. The van der Waals surface area contributed by atoms with Crippen LogP contribution in [-0.2, 0) is 0 Å². The Morgan fingerprint density at radius 2 is 1.88 bits per heavy atom. The fourth-order valence-corrected chi connectivity index (χ4v) is 1.39. The Labute approximate surface area is 105 Å². The monoisotopic (exact) mass is 241 g/mol. The summed E-state index contributed by atoms with van der Waals surface area (Å²) in [6.45, 7) is 12.3. The molecule has 0 aliphatic heterocycles. The molecule has 0 aliphatic rings. The van der Waals surface area contributed by atoms with Gasteiger partial charge in [0.1, 0.15) is 0 Å². The zero-order chi connectivity index (χ0) is 13.1. The summed E-state index contributed by atoms with van der Waals surface area (Å²) in [6.07, 6.45) is 3.72. The van der Waals surface area contributed by atoms with E-state index in [1.54, 1.807) is 6.20 Å². The van der Waals surface area contributed by atoms with E-state index in [0.29, 0.717) is 0 Å². The van der Waals surface area contributed by atoms with Crippen LogP contribution >= 0.6 is 0 Å². The lowest BCUT2D eigenvalue weighted by Crippen LogP contribution is -2.35. The van der Waals surface area contributed by atoms with Gasteiger partial charge in [0, 0.05) is 12.7 Å². The summed E-state index contributed by atoms with van der Waals surface area (Å²) in [6, 6.07) is -0.114. The summed E-state index contributed by atoms with van der Waals surface area (Å²) < 4.78 is 0. The molecule has 0 heterocycles. The first-order valence-electron chi connectivity index (χ1n) is 6.56. The highest BCUT2D eigenvalue weighted by molar-refractivity contribution is 5.74. The summed E-state index contributed by atoms with van der Waals surface area (Å²) in [4.78, 5) is 13.7. The van der Waals surface area contributed by atoms with Crippen molar-refractivity contribution in [2.45, 2.75) is 40.5 Å². The Kier molecular flexibility index (Phi) is 9.53. The van der Waals surface area contributed by atoms with E-state index in [4.69, 9.17) is 0 Å². The first-order valence-corrected chi connectivity index (χ1v) is 6.56. The molecule has 0 aromatic carbocycles. The largest absolute Gasteiger partial charge is 0.338 e. The zero-order valence-electron chi connectivity index (χ0n) is 11.7. The van der Waals surface area contributed by atoms with Gasteiger partial charge in [0.2, 0.25) is 0 Å². The Bertz CT molecular complexity index is 235. The molecule has 0 saturated heterocycles. The summed E-state index contributed by atoms with van der Waals surface area (Å²) in [5.41, 5.74) is 1.17. The van der Waals surface area contributed by atoms with E-state index < -0.39 is 0 Å². The van der Waals surface area contributed by atoms with Gasteiger partial charge in [-0.1, -0.05) is 26.3 Å². The van der Waals surface area contributed by atoms with Gasteiger partial charge < -0.3 is 15.5 Å². The molecule has 2 amide bonds. The molecule has 0 aliphatic carbocycles. The number of carbonyl (C=O) groups excluding carboxylic acids is 1. The van der Waals surface area contributed by atoms with Crippen LogP contribution in [0.2, 0.25) is 0 Å². The van der Waals surface area contributed by atoms with Crippen molar-refractivity contribution in [1.29, 1.82) is 0 Å². The normalized spacial score (nSPS) is 11.7. The number of rotatable bonds is 8. The molecule has 0 unspecified atom stereocenters. The standard InChI is InChI=1S/C13H27N3O/c1-5-12(4)11-15-13(17)14-9-8-10-16(6-2)7-3/h11H,5-10H2,1-4H3,(H2,14,15,17)/b12-11+. The predicted molar refractivity (Wildman–Crippen MR) is 73.0 cm³/mol. The average molecular weight is 241 g/mol. The molecule has 0 aromatic rings. The van der Waals surface area contributed by atoms with Gasteiger partial charge in [0.25, 0.3) is 0 Å². The molecule has 0 radical (unpaired) electrons. The van der Waals surface area contributed by atoms with Crippen molar-refractivity contribution in [3.8, 4) is 0 Å². The second-order valence-corrected chi connectivity index (χ2v) is 4.12. The van der Waals surface area contributed by atoms with Crippen molar-refractivity contribution < 1.29 is 4.79 Å². The molecule has 4 nitrogen and oxygen atoms in total. The predicted octanol–water partition coefficient (Wildman–Crippen LogP) is 2.33. The quantitative estimate of drug-likeness (QED) is 0.641. The number of nitrogens with zero attached hydrogens (tertiary/aromatic N) is 1. The van der Waals surface area contributed by atoms with E-state index >= 15 is 0 Å². The maximum Gasteiger partial charge on any atom is 0.318 e. The Morgan fingerprint density at radius 3 is 2.41 bits per heavy atom. The lowest BCUT2D eigenvalue weighted by molar-refractivity contribution is 0.242. The molecule has 100 valence electrons. The minimum absolute atomic E-state index is 0.114. The second-order valence-electron chi connectivity index (χ2n) is 4.12. The lowest BCUT2D eigenvalue weighted by atomic mass is 10.3. The van der Waals surface area contributed by atoms with E-state index in [1.165, 1.54) is 5.57 Å². The van der Waals surface area contributed by atoms with Crippen LogP contribution < -0.4 is 10.6 Å². The highest BCUT2D eigenvalue weighted by atomic mass is 16.2. The highest BCUT2D eigenvalue weighted by Gasteiger charge is 2.00. The fraction of sp³-hybridized carbons (Fsp3) is 0.769. The molecule has 17 heavy (non-hydrogen) atoms. The van der Waals surface area contributed by atoms with Crippen molar-refractivity contribution in [2.75, 3.05) is 26.2 Å². The molecule has 0 spiro atoms. The molecule has 4 heteroatoms. The SMILES string of the molecule is CC/C(C)=C/NC(=O)NCCCN(CC)CC. The molecule has 2 N–H and O–H groups in total. The third kappa shape index (κ3) is 8.74. The minimum Gasteiger partial charge on any atom is -0.338 e. The van der Waals surface area contributed by atoms with Crippen molar-refractivity contribution in [3.63, 3.8) is 0 Å². The van der Waals surface area contributed by atoms with Gasteiger partial charge in [-0.2, -0.15) is 0 Å². The van der Waals surface area contributed by atoms with E-state index in [1.807, 2.05) is 6.92 Å². The molecule has 0 rings (SSSR count). The number of urea groups is 1. The molecular weight excluding hydrogens is 214 g/mol. The smallest absolute Gasteiger partial charge is 0.318 e. The Balaban J connectivity index is 3.58. The van der Waals surface area contributed by atoms with Gasteiger partial charge in [0.05, 0.1) is 0 Å². The molecular formula is C13H27N3O. The maximum atomic E-state index is 11.4. The molecule has 0 atom stereocenters. The number of allylic oxidation sites excluding steroid dienone is 1. The number of nitrogens with one attached hydrogen (secondary N) is 2. The van der Waals surface area contributed by atoms with E-state index in [-0.39, 0.29) is 6.03 Å². The summed E-state index contributed by atoms with van der Waals surface area (Å²) in [5.74, 6) is 0. The first kappa shape index (κ1) is 16.0. The van der Waals surface area contributed by atoms with Gasteiger partial charge in [-0.25, -0.2) is 4.79 Å². The van der Waals surface area contributed by atoms with E-state index in [9.17, 15) is 4.79 Å². The van der Waals surface area contributed by atoms with Crippen molar-refractivity contribution in [2.24, 2.45) is 0 Å². The van der Waals surface area contributed by atoms with Crippen LogP contribution in [0.5, 0.6) is 0 Å². The van der Waals surface area contributed by atoms with Gasteiger partial charge in [-0.15, -0.1) is 0 Å². The Hall–Kier alpha value is -1.03. The first-order chi connectivity index (χ1) is 8.13. The van der Waals surface area contributed by atoms with Crippen molar-refractivity contribution >= 4 is 6.03 Å². The van der Waals surface area contributed by atoms with Gasteiger partial charge in [0.15, 0.2) is 0 Å². The molecule has 0 saturated carbocycles. The topological polar surface area (TPSA) is 44.4 Å². The van der Waals surface area contributed by atoms with E-state index in [0.717, 1.165) is 39.0 Å². The van der Waals surface area contributed by atoms with Crippen LogP contribution in [0.1, 0.15) is 40.5 Å². The van der Waals surface area contributed by atoms with Crippen LogP contribution in [0.25, 0.3) is 0 Å². The van der Waals surface area contributed by atoms with Gasteiger partial charge >= 0.3 is 6.03 Å². The highest BCUT2D eigenvalue weighted by Crippen LogP contribution is 1.94. The number of hydrogen-bond acceptors (Lipinski definition) is 2. The maximum absolute atomic E-state index is 11.4. The third-order valence-corrected chi connectivity index (χ3v) is 2.84. The zero-order valence-corrected chi connectivity index (χ0v) is 11.7. The number of amides is 2. The molecule has 0 bridgehead atoms. The third-order valence-electron chi connectivity index (χ3n) is 2.84.